The van der Waals surface area contributed by atoms with Crippen LogP contribution >= 0.6 is 22.7 Å². The predicted octanol–water partition coefficient (Wildman–Crippen LogP) is 3.39. The fourth-order valence-corrected chi connectivity index (χ4v) is 6.58. The van der Waals surface area contributed by atoms with Crippen LogP contribution in [0.1, 0.15) is 36.4 Å². The number of rotatable bonds is 8. The van der Waals surface area contributed by atoms with Crippen molar-refractivity contribution in [3.05, 3.63) is 16.1 Å². The van der Waals surface area contributed by atoms with Gasteiger partial charge in [0.15, 0.2) is 5.13 Å². The van der Waals surface area contributed by atoms with E-state index in [1.54, 1.807) is 5.38 Å². The van der Waals surface area contributed by atoms with E-state index >= 15 is 0 Å². The Morgan fingerprint density at radius 3 is 2.59 bits per heavy atom. The first kappa shape index (κ1) is 25.0. The Hall–Kier alpha value is -1.61. The zero-order chi connectivity index (χ0) is 23.5. The molecule has 0 saturated carbocycles. The van der Waals surface area contributed by atoms with Crippen LogP contribution in [0.15, 0.2) is 5.38 Å². The molecule has 0 radical (unpaired) electrons. The SMILES string of the molecule is Cc1nc(CO)sc1-c1csc(NC(=O)CC2CCN(S(=O)(=O)CCC(F)(F)F)CC2)n1. The van der Waals surface area contributed by atoms with Crippen LogP contribution in [0.2, 0.25) is 0 Å². The Labute approximate surface area is 191 Å². The molecule has 1 saturated heterocycles. The van der Waals surface area contributed by atoms with E-state index in [1.165, 1.54) is 22.7 Å². The van der Waals surface area contributed by atoms with E-state index in [0.717, 1.165) is 14.9 Å². The Bertz CT molecular complexity index is 1040. The average molecular weight is 513 g/mol. The van der Waals surface area contributed by atoms with Crippen molar-refractivity contribution in [3.8, 4) is 10.6 Å². The number of amides is 1. The van der Waals surface area contributed by atoms with Gasteiger partial charge in [-0.25, -0.2) is 22.7 Å². The molecule has 32 heavy (non-hydrogen) atoms. The summed E-state index contributed by atoms with van der Waals surface area (Å²) in [6.07, 6.45) is -4.88. The van der Waals surface area contributed by atoms with E-state index in [1.807, 2.05) is 6.92 Å². The number of aliphatic hydroxyl groups excluding tert-OH is 1. The van der Waals surface area contributed by atoms with Gasteiger partial charge in [0.2, 0.25) is 15.9 Å². The van der Waals surface area contributed by atoms with Crippen LogP contribution in [0, 0.1) is 12.8 Å². The molecule has 0 atom stereocenters. The standard InChI is InChI=1S/C18H23F3N4O4S3/c1-11-16(31-15(9-26)22-11)13-10-30-17(23-13)24-14(27)8-12-2-5-25(6-3-12)32(28,29)7-4-18(19,20)21/h10,12,26H,2-9H2,1H3,(H,23,24,27). The van der Waals surface area contributed by atoms with E-state index in [4.69, 9.17) is 0 Å². The maximum absolute atomic E-state index is 12.4. The molecule has 1 aliphatic heterocycles. The average Bonchev–Trinajstić information content (AvgIpc) is 3.32. The highest BCUT2D eigenvalue weighted by Gasteiger charge is 2.34. The number of alkyl halides is 3. The summed E-state index contributed by atoms with van der Waals surface area (Å²) in [6.45, 7) is 1.88. The molecule has 178 valence electrons. The Morgan fingerprint density at radius 1 is 1.31 bits per heavy atom. The van der Waals surface area contributed by atoms with E-state index in [0.29, 0.717) is 28.7 Å². The number of carbonyl (C=O) groups is 1. The summed E-state index contributed by atoms with van der Waals surface area (Å²) in [5.74, 6) is -1.26. The molecule has 2 aromatic rings. The second-order valence-electron chi connectivity index (χ2n) is 7.49. The lowest BCUT2D eigenvalue weighted by Crippen LogP contribution is -2.41. The summed E-state index contributed by atoms with van der Waals surface area (Å²) >= 11 is 2.60. The van der Waals surface area contributed by atoms with Crippen LogP contribution in [-0.2, 0) is 21.4 Å². The molecular weight excluding hydrogens is 489 g/mol. The predicted molar refractivity (Wildman–Crippen MR) is 116 cm³/mol. The number of hydrogen-bond acceptors (Lipinski definition) is 8. The third kappa shape index (κ3) is 6.70. The zero-order valence-electron chi connectivity index (χ0n) is 17.2. The molecule has 14 heteroatoms. The smallest absolute Gasteiger partial charge is 0.389 e. The third-order valence-electron chi connectivity index (χ3n) is 5.04. The highest BCUT2D eigenvalue weighted by molar-refractivity contribution is 7.89. The van der Waals surface area contributed by atoms with Gasteiger partial charge in [-0.2, -0.15) is 13.2 Å². The van der Waals surface area contributed by atoms with Crippen LogP contribution in [0.5, 0.6) is 0 Å². The maximum atomic E-state index is 12.4. The molecule has 1 amide bonds. The van der Waals surface area contributed by atoms with Gasteiger partial charge in [-0.05, 0) is 25.7 Å². The van der Waals surface area contributed by atoms with Crippen molar-refractivity contribution in [2.75, 3.05) is 24.2 Å². The molecule has 0 bridgehead atoms. The number of aromatic nitrogens is 2. The topological polar surface area (TPSA) is 112 Å². The van der Waals surface area contributed by atoms with Crippen molar-refractivity contribution in [3.63, 3.8) is 0 Å². The van der Waals surface area contributed by atoms with Crippen molar-refractivity contribution in [2.45, 2.75) is 45.4 Å². The van der Waals surface area contributed by atoms with E-state index in [9.17, 15) is 31.5 Å². The van der Waals surface area contributed by atoms with Gasteiger partial charge in [-0.15, -0.1) is 22.7 Å². The highest BCUT2D eigenvalue weighted by atomic mass is 32.2. The molecule has 1 aliphatic rings. The van der Waals surface area contributed by atoms with Crippen LogP contribution in [0.3, 0.4) is 0 Å². The molecule has 0 spiro atoms. The van der Waals surface area contributed by atoms with E-state index < -0.39 is 28.4 Å². The monoisotopic (exact) mass is 512 g/mol. The lowest BCUT2D eigenvalue weighted by atomic mass is 9.94. The Balaban J connectivity index is 1.49. The van der Waals surface area contributed by atoms with Gasteiger partial charge in [-0.1, -0.05) is 0 Å². The van der Waals surface area contributed by atoms with Crippen LogP contribution < -0.4 is 5.32 Å². The summed E-state index contributed by atoms with van der Waals surface area (Å²) in [5, 5.41) is 14.8. The molecule has 0 unspecified atom stereocenters. The number of thiazole rings is 2. The quantitative estimate of drug-likeness (QED) is 0.561. The third-order valence-corrected chi connectivity index (χ3v) is 8.84. The number of hydrogen-bond donors (Lipinski definition) is 2. The summed E-state index contributed by atoms with van der Waals surface area (Å²) in [7, 11) is -3.96. The van der Waals surface area contributed by atoms with E-state index in [2.05, 4.69) is 15.3 Å². The molecule has 2 aromatic heterocycles. The van der Waals surface area contributed by atoms with Crippen molar-refractivity contribution < 1.29 is 31.5 Å². The molecule has 8 nitrogen and oxygen atoms in total. The summed E-state index contributed by atoms with van der Waals surface area (Å²) in [4.78, 5) is 21.9. The summed E-state index contributed by atoms with van der Waals surface area (Å²) < 4.78 is 62.2. The molecule has 1 fully saturated rings. The van der Waals surface area contributed by atoms with Crippen LogP contribution in [-0.4, -0.2) is 58.7 Å². The molecule has 2 N–H and O–H groups in total. The minimum absolute atomic E-state index is 0.0562. The molecule has 3 heterocycles. The normalized spacial score (nSPS) is 16.4. The van der Waals surface area contributed by atoms with Gasteiger partial charge in [0.25, 0.3) is 0 Å². The van der Waals surface area contributed by atoms with Gasteiger partial charge in [0.05, 0.1) is 35.0 Å². The number of aliphatic hydroxyl groups is 1. The largest absolute Gasteiger partial charge is 0.390 e. The summed E-state index contributed by atoms with van der Waals surface area (Å²) in [5.41, 5.74) is 1.41. The van der Waals surface area contributed by atoms with Crippen molar-refractivity contribution >= 4 is 43.7 Å². The number of piperidine rings is 1. The first-order valence-corrected chi connectivity index (χ1v) is 13.1. The first-order chi connectivity index (χ1) is 15.0. The van der Waals surface area contributed by atoms with Crippen molar-refractivity contribution in [1.29, 1.82) is 0 Å². The van der Waals surface area contributed by atoms with Crippen LogP contribution in [0.4, 0.5) is 18.3 Å². The van der Waals surface area contributed by atoms with Crippen molar-refractivity contribution in [2.24, 2.45) is 5.92 Å². The zero-order valence-corrected chi connectivity index (χ0v) is 19.6. The van der Waals surface area contributed by atoms with Gasteiger partial charge < -0.3 is 10.4 Å². The lowest BCUT2D eigenvalue weighted by molar-refractivity contribution is -0.130. The molecule has 0 aliphatic carbocycles. The van der Waals surface area contributed by atoms with Crippen LogP contribution in [0.25, 0.3) is 10.6 Å². The highest BCUT2D eigenvalue weighted by Crippen LogP contribution is 2.33. The number of aryl methyl sites for hydroxylation is 1. The lowest BCUT2D eigenvalue weighted by Gasteiger charge is -2.31. The maximum Gasteiger partial charge on any atom is 0.390 e. The number of nitrogens with zero attached hydrogens (tertiary/aromatic N) is 3. The summed E-state index contributed by atoms with van der Waals surface area (Å²) in [6, 6.07) is 0. The second-order valence-corrected chi connectivity index (χ2v) is 11.5. The van der Waals surface area contributed by atoms with Gasteiger partial charge in [0, 0.05) is 24.9 Å². The molecule has 0 aromatic carbocycles. The molecule has 3 rings (SSSR count). The number of nitrogens with one attached hydrogen (secondary N) is 1. The van der Waals surface area contributed by atoms with E-state index in [-0.39, 0.29) is 37.9 Å². The second kappa shape index (κ2) is 10.1. The Morgan fingerprint density at radius 2 is 2.00 bits per heavy atom. The number of halogens is 3. The van der Waals surface area contributed by atoms with Gasteiger partial charge >= 0.3 is 6.18 Å². The fraction of sp³-hybridized carbons (Fsp3) is 0.611. The fourth-order valence-electron chi connectivity index (χ4n) is 3.39. The number of anilines is 1. The first-order valence-electron chi connectivity index (χ1n) is 9.84. The molecular formula is C18H23F3N4O4S3. The van der Waals surface area contributed by atoms with Gasteiger partial charge in [0.1, 0.15) is 5.01 Å². The number of carbonyl (C=O) groups excluding carboxylic acids is 1. The number of sulfonamides is 1. The van der Waals surface area contributed by atoms with Crippen molar-refractivity contribution in [1.82, 2.24) is 14.3 Å². The van der Waals surface area contributed by atoms with Gasteiger partial charge in [-0.3, -0.25) is 4.79 Å². The minimum atomic E-state index is -4.51. The Kier molecular flexibility index (Phi) is 7.91. The minimum Gasteiger partial charge on any atom is -0.389 e.